The maximum absolute atomic E-state index is 12.8. The second-order valence-electron chi connectivity index (χ2n) is 6.88. The lowest BCUT2D eigenvalue weighted by molar-refractivity contribution is -0.137. The van der Waals surface area contributed by atoms with Gasteiger partial charge in [0.25, 0.3) is 0 Å². The molecule has 0 unspecified atom stereocenters. The lowest BCUT2D eigenvalue weighted by Crippen LogP contribution is -2.57. The predicted molar refractivity (Wildman–Crippen MR) is 92.5 cm³/mol. The van der Waals surface area contributed by atoms with Crippen molar-refractivity contribution in [3.05, 3.63) is 28.8 Å². The Kier molecular flexibility index (Phi) is 5.37. The van der Waals surface area contributed by atoms with Gasteiger partial charge in [-0.25, -0.2) is 4.79 Å². The third kappa shape index (κ3) is 4.24. The lowest BCUT2D eigenvalue weighted by atomic mass is 9.89. The Morgan fingerprint density at radius 2 is 1.96 bits per heavy atom. The molecule has 1 N–H and O–H groups in total. The van der Waals surface area contributed by atoms with Gasteiger partial charge in [0, 0.05) is 26.2 Å². The first-order chi connectivity index (χ1) is 12.2. The molecule has 2 fully saturated rings. The smallest absolute Gasteiger partial charge is 0.372 e. The number of benzene rings is 1. The second kappa shape index (κ2) is 7.25. The number of ether oxygens (including phenoxy) is 1. The van der Waals surface area contributed by atoms with Crippen molar-refractivity contribution in [3.8, 4) is 0 Å². The molecule has 0 atom stereocenters. The standard InChI is InChI=1S/C17H21ClF3N3O2/c1-23-8-9-26-16(11-23)4-6-24(7-5-16)15(25)22-14-10-12(17(19,20)21)2-3-13(14)18/h2-3,10H,4-9,11H2,1H3,(H,22,25). The van der Waals surface area contributed by atoms with Gasteiger partial charge >= 0.3 is 12.2 Å². The van der Waals surface area contributed by atoms with Gasteiger partial charge in [-0.3, -0.25) is 0 Å². The van der Waals surface area contributed by atoms with E-state index in [0.29, 0.717) is 32.5 Å². The molecule has 0 aromatic heterocycles. The number of halogens is 4. The van der Waals surface area contributed by atoms with Crippen LogP contribution in [-0.2, 0) is 10.9 Å². The summed E-state index contributed by atoms with van der Waals surface area (Å²) in [7, 11) is 2.04. The molecule has 1 spiro atoms. The summed E-state index contributed by atoms with van der Waals surface area (Å²) in [6, 6.07) is 2.42. The summed E-state index contributed by atoms with van der Waals surface area (Å²) in [4.78, 5) is 16.2. The Balaban J connectivity index is 1.63. The Hall–Kier alpha value is -1.51. The monoisotopic (exact) mass is 391 g/mol. The first-order valence-corrected chi connectivity index (χ1v) is 8.82. The molecule has 2 aliphatic heterocycles. The van der Waals surface area contributed by atoms with E-state index >= 15 is 0 Å². The summed E-state index contributed by atoms with van der Waals surface area (Å²) in [6.45, 7) is 3.34. The van der Waals surface area contributed by atoms with Crippen LogP contribution >= 0.6 is 11.6 Å². The van der Waals surface area contributed by atoms with Gasteiger partial charge in [-0.2, -0.15) is 13.2 Å². The predicted octanol–water partition coefficient (Wildman–Crippen LogP) is 3.69. The van der Waals surface area contributed by atoms with Crippen molar-refractivity contribution in [1.29, 1.82) is 0 Å². The highest BCUT2D eigenvalue weighted by Crippen LogP contribution is 2.34. The van der Waals surface area contributed by atoms with Crippen molar-refractivity contribution in [1.82, 2.24) is 9.80 Å². The van der Waals surface area contributed by atoms with Crippen molar-refractivity contribution < 1.29 is 22.7 Å². The minimum atomic E-state index is -4.49. The summed E-state index contributed by atoms with van der Waals surface area (Å²) in [6.07, 6.45) is -3.10. The Labute approximate surface area is 155 Å². The van der Waals surface area contributed by atoms with Crippen molar-refractivity contribution in [2.45, 2.75) is 24.6 Å². The van der Waals surface area contributed by atoms with Gasteiger partial charge in [-0.15, -0.1) is 0 Å². The molecular formula is C17H21ClF3N3O2. The Bertz CT molecular complexity index is 676. The Morgan fingerprint density at radius 1 is 1.27 bits per heavy atom. The van der Waals surface area contributed by atoms with Crippen LogP contribution in [-0.4, -0.2) is 61.3 Å². The Morgan fingerprint density at radius 3 is 2.58 bits per heavy atom. The summed E-state index contributed by atoms with van der Waals surface area (Å²) < 4.78 is 44.5. The van der Waals surface area contributed by atoms with E-state index in [1.165, 1.54) is 0 Å². The van der Waals surface area contributed by atoms with Gasteiger partial charge < -0.3 is 19.9 Å². The molecule has 2 heterocycles. The average molecular weight is 392 g/mol. The molecule has 9 heteroatoms. The van der Waals surface area contributed by atoms with Crippen molar-refractivity contribution in [2.24, 2.45) is 0 Å². The summed E-state index contributed by atoms with van der Waals surface area (Å²) in [5, 5.41) is 2.56. The first kappa shape index (κ1) is 19.3. The highest BCUT2D eigenvalue weighted by molar-refractivity contribution is 6.33. The fourth-order valence-electron chi connectivity index (χ4n) is 3.45. The number of morpholine rings is 1. The molecule has 0 bridgehead atoms. The van der Waals surface area contributed by atoms with E-state index in [0.717, 1.165) is 31.3 Å². The minimum Gasteiger partial charge on any atom is -0.372 e. The molecule has 2 aliphatic rings. The van der Waals surface area contributed by atoms with Gasteiger partial charge in [0.15, 0.2) is 0 Å². The molecule has 2 amide bonds. The third-order valence-corrected chi connectivity index (χ3v) is 5.27. The molecule has 0 radical (unpaired) electrons. The molecule has 0 aliphatic carbocycles. The SMILES string of the molecule is CN1CCOC2(CCN(C(=O)Nc3cc(C(F)(F)F)ccc3Cl)CC2)C1. The van der Waals surface area contributed by atoms with E-state index in [1.54, 1.807) is 4.90 Å². The number of likely N-dealkylation sites (tertiary alicyclic amines) is 1. The maximum atomic E-state index is 12.8. The zero-order valence-corrected chi connectivity index (χ0v) is 15.2. The van der Waals surface area contributed by atoms with Gasteiger partial charge in [0.05, 0.1) is 28.5 Å². The van der Waals surface area contributed by atoms with E-state index in [1.807, 2.05) is 7.05 Å². The number of likely N-dealkylation sites (N-methyl/N-ethyl adjacent to an activating group) is 1. The van der Waals surface area contributed by atoms with Crippen LogP contribution < -0.4 is 5.32 Å². The molecule has 3 rings (SSSR count). The highest BCUT2D eigenvalue weighted by atomic mass is 35.5. The van der Waals surface area contributed by atoms with E-state index in [-0.39, 0.29) is 16.3 Å². The minimum absolute atomic E-state index is 0.0413. The van der Waals surface area contributed by atoms with E-state index in [4.69, 9.17) is 16.3 Å². The number of anilines is 1. The number of nitrogens with zero attached hydrogens (tertiary/aromatic N) is 2. The fourth-order valence-corrected chi connectivity index (χ4v) is 3.61. The van der Waals surface area contributed by atoms with Crippen molar-refractivity contribution in [3.63, 3.8) is 0 Å². The van der Waals surface area contributed by atoms with E-state index in [9.17, 15) is 18.0 Å². The van der Waals surface area contributed by atoms with Crippen LogP contribution in [0.25, 0.3) is 0 Å². The zero-order chi connectivity index (χ0) is 18.9. The van der Waals surface area contributed by atoms with Gasteiger partial charge in [-0.05, 0) is 38.1 Å². The van der Waals surface area contributed by atoms with Gasteiger partial charge in [-0.1, -0.05) is 11.6 Å². The molecule has 144 valence electrons. The number of rotatable bonds is 1. The van der Waals surface area contributed by atoms with Crippen molar-refractivity contribution in [2.75, 3.05) is 45.2 Å². The molecule has 5 nitrogen and oxygen atoms in total. The maximum Gasteiger partial charge on any atom is 0.416 e. The largest absolute Gasteiger partial charge is 0.416 e. The summed E-state index contributed by atoms with van der Waals surface area (Å²) in [5.41, 5.74) is -1.13. The first-order valence-electron chi connectivity index (χ1n) is 8.44. The molecule has 1 aromatic carbocycles. The molecule has 1 aromatic rings. The number of hydrogen-bond acceptors (Lipinski definition) is 3. The third-order valence-electron chi connectivity index (χ3n) is 4.94. The second-order valence-corrected chi connectivity index (χ2v) is 7.29. The van der Waals surface area contributed by atoms with Crippen LogP contribution in [0.4, 0.5) is 23.7 Å². The fraction of sp³-hybridized carbons (Fsp3) is 0.588. The number of carbonyl (C=O) groups is 1. The topological polar surface area (TPSA) is 44.8 Å². The van der Waals surface area contributed by atoms with Gasteiger partial charge in [0.2, 0.25) is 0 Å². The summed E-state index contributed by atoms with van der Waals surface area (Å²) >= 11 is 5.94. The zero-order valence-electron chi connectivity index (χ0n) is 14.4. The number of alkyl halides is 3. The molecule has 2 saturated heterocycles. The average Bonchev–Trinajstić information content (AvgIpc) is 2.56. The van der Waals surface area contributed by atoms with Crippen LogP contribution in [0, 0.1) is 0 Å². The number of piperidine rings is 1. The van der Waals surface area contributed by atoms with Crippen LogP contribution in [0.2, 0.25) is 5.02 Å². The lowest BCUT2D eigenvalue weighted by Gasteiger charge is -2.46. The van der Waals surface area contributed by atoms with E-state index in [2.05, 4.69) is 10.2 Å². The number of hydrogen-bond donors (Lipinski definition) is 1. The quantitative estimate of drug-likeness (QED) is 0.794. The number of carbonyl (C=O) groups excluding carboxylic acids is 1. The van der Waals surface area contributed by atoms with Gasteiger partial charge in [0.1, 0.15) is 0 Å². The molecule has 0 saturated carbocycles. The molecular weight excluding hydrogens is 371 g/mol. The number of urea groups is 1. The van der Waals surface area contributed by atoms with Crippen LogP contribution in [0.1, 0.15) is 18.4 Å². The summed E-state index contributed by atoms with van der Waals surface area (Å²) in [5.74, 6) is 0. The molecule has 26 heavy (non-hydrogen) atoms. The normalized spacial score (nSPS) is 21.0. The highest BCUT2D eigenvalue weighted by Gasteiger charge is 2.40. The van der Waals surface area contributed by atoms with Crippen molar-refractivity contribution >= 4 is 23.3 Å². The number of nitrogens with one attached hydrogen (secondary N) is 1. The van der Waals surface area contributed by atoms with E-state index < -0.39 is 17.8 Å². The number of amides is 2. The van der Waals surface area contributed by atoms with Crippen LogP contribution in [0.3, 0.4) is 0 Å². The van der Waals surface area contributed by atoms with Crippen LogP contribution in [0.5, 0.6) is 0 Å². The van der Waals surface area contributed by atoms with Crippen LogP contribution in [0.15, 0.2) is 18.2 Å².